The zero-order valence-corrected chi connectivity index (χ0v) is 11.3. The van der Waals surface area contributed by atoms with Crippen LogP contribution in [0.2, 0.25) is 0 Å². The largest absolute Gasteiger partial charge is 0.479 e. The maximum absolute atomic E-state index is 13.0. The Morgan fingerprint density at radius 3 is 2.23 bits per heavy atom. The normalized spacial score (nSPS) is 9.68. The van der Waals surface area contributed by atoms with Gasteiger partial charge in [0.1, 0.15) is 23.5 Å². The Hall–Kier alpha value is -3.14. The lowest BCUT2D eigenvalue weighted by Crippen LogP contribution is -2.19. The van der Waals surface area contributed by atoms with Crippen LogP contribution in [0.1, 0.15) is 0 Å². The number of ether oxygens (including phenoxy) is 1. The van der Waals surface area contributed by atoms with Crippen molar-refractivity contribution in [2.24, 2.45) is 0 Å². The Balaban J connectivity index is 1.95. The van der Waals surface area contributed by atoms with E-state index in [2.05, 4.69) is 10.6 Å². The first-order valence-electron chi connectivity index (χ1n) is 6.21. The van der Waals surface area contributed by atoms with Gasteiger partial charge < -0.3 is 15.4 Å². The Bertz CT molecular complexity index is 691. The van der Waals surface area contributed by atoms with E-state index in [1.54, 1.807) is 24.3 Å². The fourth-order valence-corrected chi connectivity index (χ4v) is 1.67. The molecule has 22 heavy (non-hydrogen) atoms. The van der Waals surface area contributed by atoms with Crippen LogP contribution in [0, 0.1) is 23.0 Å². The number of halogens is 2. The van der Waals surface area contributed by atoms with E-state index < -0.39 is 17.7 Å². The van der Waals surface area contributed by atoms with Crippen LogP contribution in [-0.2, 0) is 0 Å². The highest BCUT2D eigenvalue weighted by molar-refractivity contribution is 5.99. The van der Waals surface area contributed by atoms with Gasteiger partial charge in [-0.25, -0.2) is 13.6 Å². The first kappa shape index (κ1) is 15.3. The van der Waals surface area contributed by atoms with Gasteiger partial charge in [-0.1, -0.05) is 0 Å². The third-order valence-electron chi connectivity index (χ3n) is 2.54. The van der Waals surface area contributed by atoms with Crippen molar-refractivity contribution in [3.8, 4) is 11.8 Å². The summed E-state index contributed by atoms with van der Waals surface area (Å²) in [6.45, 7) is -0.0710. The number of carbonyl (C=O) groups is 1. The molecule has 112 valence electrons. The summed E-state index contributed by atoms with van der Waals surface area (Å²) in [5.41, 5.74) is 0.461. The smallest absolute Gasteiger partial charge is 0.323 e. The Morgan fingerprint density at radius 1 is 1.05 bits per heavy atom. The molecule has 0 radical (unpaired) electrons. The first-order chi connectivity index (χ1) is 10.6. The number of rotatable bonds is 4. The second-order valence-corrected chi connectivity index (χ2v) is 4.21. The molecule has 2 aromatic carbocycles. The molecule has 0 saturated carbocycles. The van der Waals surface area contributed by atoms with Crippen molar-refractivity contribution in [2.75, 3.05) is 17.2 Å². The van der Waals surface area contributed by atoms with Gasteiger partial charge in [-0.15, -0.1) is 0 Å². The fourth-order valence-electron chi connectivity index (χ4n) is 1.67. The van der Waals surface area contributed by atoms with Crippen LogP contribution < -0.4 is 15.4 Å². The third kappa shape index (κ3) is 4.45. The lowest BCUT2D eigenvalue weighted by Gasteiger charge is -2.08. The van der Waals surface area contributed by atoms with Gasteiger partial charge in [0.15, 0.2) is 6.61 Å². The van der Waals surface area contributed by atoms with Crippen LogP contribution in [0.3, 0.4) is 0 Å². The fraction of sp³-hybridized carbons (Fsp3) is 0.0667. The van der Waals surface area contributed by atoms with Crippen molar-refractivity contribution in [1.82, 2.24) is 0 Å². The number of benzene rings is 2. The maximum Gasteiger partial charge on any atom is 0.323 e. The van der Waals surface area contributed by atoms with Crippen molar-refractivity contribution in [3.63, 3.8) is 0 Å². The highest BCUT2D eigenvalue weighted by atomic mass is 19.1. The highest BCUT2D eigenvalue weighted by Crippen LogP contribution is 2.17. The molecule has 5 nitrogen and oxygen atoms in total. The Morgan fingerprint density at radius 2 is 1.64 bits per heavy atom. The molecule has 0 bridgehead atoms. The third-order valence-corrected chi connectivity index (χ3v) is 2.54. The molecule has 2 aromatic rings. The topological polar surface area (TPSA) is 74.1 Å². The zero-order chi connectivity index (χ0) is 15.9. The summed E-state index contributed by atoms with van der Waals surface area (Å²) in [5.74, 6) is -1.08. The summed E-state index contributed by atoms with van der Waals surface area (Å²) in [6.07, 6.45) is 0. The van der Waals surface area contributed by atoms with Crippen molar-refractivity contribution >= 4 is 17.4 Å². The number of nitrogens with one attached hydrogen (secondary N) is 2. The van der Waals surface area contributed by atoms with E-state index in [0.717, 1.165) is 12.1 Å². The van der Waals surface area contributed by atoms with E-state index in [0.29, 0.717) is 17.5 Å². The second kappa shape index (κ2) is 7.04. The van der Waals surface area contributed by atoms with E-state index >= 15 is 0 Å². The summed E-state index contributed by atoms with van der Waals surface area (Å²) >= 11 is 0. The quantitative estimate of drug-likeness (QED) is 0.907. The summed E-state index contributed by atoms with van der Waals surface area (Å²) in [7, 11) is 0. The van der Waals surface area contributed by atoms with Crippen molar-refractivity contribution in [2.45, 2.75) is 0 Å². The molecule has 0 fully saturated rings. The molecule has 2 rings (SSSR count). The summed E-state index contributed by atoms with van der Waals surface area (Å²) < 4.78 is 31.1. The van der Waals surface area contributed by atoms with E-state index in [1.807, 2.05) is 6.07 Å². The average molecular weight is 303 g/mol. The van der Waals surface area contributed by atoms with Crippen molar-refractivity contribution in [3.05, 3.63) is 54.1 Å². The maximum atomic E-state index is 13.0. The molecule has 0 aromatic heterocycles. The number of anilines is 2. The molecule has 0 saturated heterocycles. The molecule has 0 aliphatic carbocycles. The van der Waals surface area contributed by atoms with Gasteiger partial charge in [0.2, 0.25) is 0 Å². The molecule has 0 heterocycles. The van der Waals surface area contributed by atoms with Crippen molar-refractivity contribution in [1.29, 1.82) is 5.26 Å². The van der Waals surface area contributed by atoms with Crippen LogP contribution >= 0.6 is 0 Å². The standard InChI is InChI=1S/C15H11F2N3O2/c16-10-7-11(17)9-13(8-10)20-15(21)19-12-1-3-14(4-2-12)22-6-5-18/h1-4,7-9H,6H2,(H2,19,20,21). The van der Waals surface area contributed by atoms with E-state index in [-0.39, 0.29) is 12.3 Å². The summed E-state index contributed by atoms with van der Waals surface area (Å²) in [5, 5.41) is 13.2. The van der Waals surface area contributed by atoms with Crippen molar-refractivity contribution < 1.29 is 18.3 Å². The summed E-state index contributed by atoms with van der Waals surface area (Å²) in [6, 6.07) is 10.2. The molecule has 0 unspecified atom stereocenters. The highest BCUT2D eigenvalue weighted by Gasteiger charge is 2.06. The van der Waals surface area contributed by atoms with Gasteiger partial charge in [0.05, 0.1) is 0 Å². The van der Waals surface area contributed by atoms with Crippen LogP contribution in [0.4, 0.5) is 25.0 Å². The van der Waals surface area contributed by atoms with E-state index in [9.17, 15) is 13.6 Å². The van der Waals surface area contributed by atoms with Gasteiger partial charge in [-0.2, -0.15) is 5.26 Å². The number of nitrogens with zero attached hydrogens (tertiary/aromatic N) is 1. The molecular formula is C15H11F2N3O2. The molecule has 0 aliphatic rings. The molecular weight excluding hydrogens is 292 g/mol. The number of hydrogen-bond acceptors (Lipinski definition) is 3. The minimum Gasteiger partial charge on any atom is -0.479 e. The number of nitriles is 1. The predicted molar refractivity (Wildman–Crippen MR) is 76.5 cm³/mol. The van der Waals surface area contributed by atoms with Gasteiger partial charge in [-0.05, 0) is 36.4 Å². The summed E-state index contributed by atoms with van der Waals surface area (Å²) in [4.78, 5) is 11.7. The predicted octanol–water partition coefficient (Wildman–Crippen LogP) is 3.51. The number of amides is 2. The van der Waals surface area contributed by atoms with Crippen LogP contribution in [-0.4, -0.2) is 12.6 Å². The molecule has 2 N–H and O–H groups in total. The van der Waals surface area contributed by atoms with Crippen LogP contribution in [0.15, 0.2) is 42.5 Å². The zero-order valence-electron chi connectivity index (χ0n) is 11.3. The molecule has 7 heteroatoms. The lowest BCUT2D eigenvalue weighted by molar-refractivity contribution is 0.262. The monoisotopic (exact) mass is 303 g/mol. The molecule has 0 aliphatic heterocycles. The van der Waals surface area contributed by atoms with Gasteiger partial charge in [0, 0.05) is 17.4 Å². The molecule has 2 amide bonds. The lowest BCUT2D eigenvalue weighted by atomic mass is 10.3. The number of carbonyl (C=O) groups excluding carboxylic acids is 1. The molecule has 0 spiro atoms. The SMILES string of the molecule is N#CCOc1ccc(NC(=O)Nc2cc(F)cc(F)c2)cc1. The van der Waals surface area contributed by atoms with E-state index in [4.69, 9.17) is 10.00 Å². The van der Waals surface area contributed by atoms with Gasteiger partial charge >= 0.3 is 6.03 Å². The van der Waals surface area contributed by atoms with Crippen LogP contribution in [0.5, 0.6) is 5.75 Å². The van der Waals surface area contributed by atoms with Gasteiger partial charge in [0.25, 0.3) is 0 Å². The van der Waals surface area contributed by atoms with Crippen LogP contribution in [0.25, 0.3) is 0 Å². The second-order valence-electron chi connectivity index (χ2n) is 4.21. The minimum atomic E-state index is -0.783. The Kier molecular flexibility index (Phi) is 4.88. The molecule has 0 atom stereocenters. The first-order valence-corrected chi connectivity index (χ1v) is 6.21. The number of urea groups is 1. The van der Waals surface area contributed by atoms with E-state index in [1.165, 1.54) is 0 Å². The Labute approximate surface area is 125 Å². The average Bonchev–Trinajstić information content (AvgIpc) is 2.45. The van der Waals surface area contributed by atoms with Gasteiger partial charge in [-0.3, -0.25) is 0 Å². The minimum absolute atomic E-state index is 0.00368. The number of hydrogen-bond donors (Lipinski definition) is 2.